The highest BCUT2D eigenvalue weighted by molar-refractivity contribution is 5.90. The predicted octanol–water partition coefficient (Wildman–Crippen LogP) is 3.23. The van der Waals surface area contributed by atoms with Crippen molar-refractivity contribution in [1.82, 2.24) is 0 Å². The van der Waals surface area contributed by atoms with Crippen LogP contribution < -0.4 is 5.32 Å². The maximum Gasteiger partial charge on any atom is 0.340 e. The average Bonchev–Trinajstić information content (AvgIpc) is 2.39. The van der Waals surface area contributed by atoms with Crippen LogP contribution in [0.25, 0.3) is 0 Å². The van der Waals surface area contributed by atoms with Gasteiger partial charge in [-0.25, -0.2) is 9.18 Å². The van der Waals surface area contributed by atoms with Gasteiger partial charge in [0, 0.05) is 18.8 Å². The molecule has 1 N–H and O–H groups in total. The number of nitrogens with one attached hydrogen (secondary N) is 1. The van der Waals surface area contributed by atoms with Crippen molar-refractivity contribution in [2.24, 2.45) is 0 Å². The van der Waals surface area contributed by atoms with Crippen LogP contribution in [0.15, 0.2) is 18.2 Å². The Morgan fingerprint density at radius 1 is 1.40 bits per heavy atom. The maximum absolute atomic E-state index is 13.5. The minimum absolute atomic E-state index is 0.0734. The first kappa shape index (κ1) is 16.4. The quantitative estimate of drug-likeness (QED) is 0.814. The van der Waals surface area contributed by atoms with Gasteiger partial charge in [0.1, 0.15) is 5.82 Å². The number of hydrogen-bond acceptors (Lipinski definition) is 4. The molecule has 1 unspecified atom stereocenters. The van der Waals surface area contributed by atoms with Crippen molar-refractivity contribution in [1.29, 1.82) is 0 Å². The van der Waals surface area contributed by atoms with Crippen molar-refractivity contribution in [2.75, 3.05) is 19.5 Å². The number of esters is 1. The summed E-state index contributed by atoms with van der Waals surface area (Å²) in [5.74, 6) is -1.27. The number of ether oxygens (including phenoxy) is 2. The van der Waals surface area contributed by atoms with Crippen molar-refractivity contribution < 1.29 is 18.7 Å². The van der Waals surface area contributed by atoms with Gasteiger partial charge in [-0.15, -0.1) is 0 Å². The monoisotopic (exact) mass is 283 g/mol. The van der Waals surface area contributed by atoms with Gasteiger partial charge in [0.15, 0.2) is 0 Å². The van der Waals surface area contributed by atoms with Gasteiger partial charge in [0.2, 0.25) is 0 Å². The molecule has 1 atom stereocenters. The van der Waals surface area contributed by atoms with E-state index in [9.17, 15) is 9.18 Å². The Morgan fingerprint density at radius 2 is 2.05 bits per heavy atom. The van der Waals surface area contributed by atoms with Crippen LogP contribution in [-0.2, 0) is 9.47 Å². The first-order valence-electron chi connectivity index (χ1n) is 6.48. The number of rotatable bonds is 6. The molecular weight excluding hydrogens is 261 g/mol. The Labute approximate surface area is 119 Å². The number of benzene rings is 1. The second kappa shape index (κ2) is 6.70. The van der Waals surface area contributed by atoms with E-state index < -0.39 is 11.8 Å². The summed E-state index contributed by atoms with van der Waals surface area (Å²) in [5.41, 5.74) is 0.347. The molecule has 1 rings (SSSR count). The lowest BCUT2D eigenvalue weighted by Gasteiger charge is -2.27. The zero-order valence-electron chi connectivity index (χ0n) is 12.6. The number of carbonyl (C=O) groups is 1. The van der Waals surface area contributed by atoms with Crippen molar-refractivity contribution in [3.63, 3.8) is 0 Å². The van der Waals surface area contributed by atoms with Crippen LogP contribution in [-0.4, -0.2) is 31.8 Å². The van der Waals surface area contributed by atoms with E-state index in [-0.39, 0.29) is 17.2 Å². The predicted molar refractivity (Wildman–Crippen MR) is 76.5 cm³/mol. The fourth-order valence-corrected chi connectivity index (χ4v) is 2.04. The normalized spacial score (nSPS) is 12.9. The van der Waals surface area contributed by atoms with E-state index in [2.05, 4.69) is 10.1 Å². The molecule has 0 aliphatic carbocycles. The molecule has 0 radical (unpaired) electrons. The summed E-state index contributed by atoms with van der Waals surface area (Å²) < 4.78 is 23.4. The molecule has 0 aliphatic heterocycles. The van der Waals surface area contributed by atoms with Crippen LogP contribution in [0.3, 0.4) is 0 Å². The molecular formula is C15H22FNO3. The number of methoxy groups -OCH3 is 2. The lowest BCUT2D eigenvalue weighted by molar-refractivity contribution is 0.0128. The summed E-state index contributed by atoms with van der Waals surface area (Å²) in [7, 11) is 2.89. The summed E-state index contributed by atoms with van der Waals surface area (Å²) in [4.78, 5) is 11.4. The van der Waals surface area contributed by atoms with Gasteiger partial charge in [-0.1, -0.05) is 0 Å². The summed E-state index contributed by atoms with van der Waals surface area (Å²) in [6.45, 7) is 5.99. The zero-order valence-corrected chi connectivity index (χ0v) is 12.6. The van der Waals surface area contributed by atoms with Crippen LogP contribution in [0, 0.1) is 5.82 Å². The first-order chi connectivity index (χ1) is 9.29. The van der Waals surface area contributed by atoms with Crippen molar-refractivity contribution in [3.05, 3.63) is 29.6 Å². The van der Waals surface area contributed by atoms with E-state index in [4.69, 9.17) is 4.74 Å². The van der Waals surface area contributed by atoms with E-state index in [0.717, 1.165) is 6.42 Å². The average molecular weight is 283 g/mol. The fraction of sp³-hybridized carbons (Fsp3) is 0.533. The number of hydrogen-bond donors (Lipinski definition) is 1. The molecule has 0 aromatic heterocycles. The molecule has 4 nitrogen and oxygen atoms in total. The van der Waals surface area contributed by atoms with Crippen LogP contribution in [0.4, 0.5) is 10.1 Å². The standard InChI is InChI=1S/C15H22FNO3/c1-10(9-15(2,3)20-5)17-11-6-7-13(16)12(8-11)14(18)19-4/h6-8,10,17H,9H2,1-5H3. The van der Waals surface area contributed by atoms with E-state index >= 15 is 0 Å². The van der Waals surface area contributed by atoms with E-state index in [1.54, 1.807) is 13.2 Å². The molecule has 0 heterocycles. The SMILES string of the molecule is COC(=O)c1cc(NC(C)CC(C)(C)OC)ccc1F. The Bertz CT molecular complexity index is 474. The summed E-state index contributed by atoms with van der Waals surface area (Å²) in [6, 6.07) is 4.42. The second-order valence-electron chi connectivity index (χ2n) is 5.40. The van der Waals surface area contributed by atoms with Gasteiger partial charge >= 0.3 is 5.97 Å². The lowest BCUT2D eigenvalue weighted by Crippen LogP contribution is -2.31. The van der Waals surface area contributed by atoms with Crippen molar-refractivity contribution >= 4 is 11.7 Å². The second-order valence-corrected chi connectivity index (χ2v) is 5.40. The topological polar surface area (TPSA) is 47.6 Å². The largest absolute Gasteiger partial charge is 0.465 e. The number of carbonyl (C=O) groups excluding carboxylic acids is 1. The number of anilines is 1. The molecule has 0 amide bonds. The van der Waals surface area contributed by atoms with Crippen LogP contribution >= 0.6 is 0 Å². The minimum atomic E-state index is -0.684. The van der Waals surface area contributed by atoms with Gasteiger partial charge in [-0.05, 0) is 45.4 Å². The van der Waals surface area contributed by atoms with Crippen molar-refractivity contribution in [2.45, 2.75) is 38.8 Å². The molecule has 0 aliphatic rings. The Balaban J connectivity index is 2.81. The molecule has 0 saturated carbocycles. The highest BCUT2D eigenvalue weighted by atomic mass is 19.1. The number of halogens is 1. The summed E-state index contributed by atoms with van der Waals surface area (Å²) >= 11 is 0. The fourth-order valence-electron chi connectivity index (χ4n) is 2.04. The Morgan fingerprint density at radius 3 is 2.60 bits per heavy atom. The molecule has 0 fully saturated rings. The van der Waals surface area contributed by atoms with Crippen LogP contribution in [0.2, 0.25) is 0 Å². The van der Waals surface area contributed by atoms with Gasteiger partial charge < -0.3 is 14.8 Å². The third-order valence-electron chi connectivity index (χ3n) is 3.14. The molecule has 112 valence electrons. The molecule has 0 bridgehead atoms. The third kappa shape index (κ3) is 4.49. The molecule has 5 heteroatoms. The van der Waals surface area contributed by atoms with Crippen LogP contribution in [0.1, 0.15) is 37.6 Å². The lowest BCUT2D eigenvalue weighted by atomic mass is 9.99. The van der Waals surface area contributed by atoms with Crippen LogP contribution in [0.5, 0.6) is 0 Å². The van der Waals surface area contributed by atoms with Gasteiger partial charge in [0.25, 0.3) is 0 Å². The van der Waals surface area contributed by atoms with Crippen molar-refractivity contribution in [3.8, 4) is 0 Å². The van der Waals surface area contributed by atoms with E-state index in [1.807, 2.05) is 20.8 Å². The molecule has 0 saturated heterocycles. The highest BCUT2D eigenvalue weighted by Crippen LogP contribution is 2.20. The van der Waals surface area contributed by atoms with Gasteiger partial charge in [0.05, 0.1) is 18.3 Å². The van der Waals surface area contributed by atoms with E-state index in [1.165, 1.54) is 19.2 Å². The summed E-state index contributed by atoms with van der Waals surface area (Å²) in [5, 5.41) is 3.22. The smallest absolute Gasteiger partial charge is 0.340 e. The Kier molecular flexibility index (Phi) is 5.51. The minimum Gasteiger partial charge on any atom is -0.465 e. The van der Waals surface area contributed by atoms with Gasteiger partial charge in [-0.2, -0.15) is 0 Å². The Hall–Kier alpha value is -1.62. The maximum atomic E-state index is 13.5. The third-order valence-corrected chi connectivity index (χ3v) is 3.14. The zero-order chi connectivity index (χ0) is 15.3. The highest BCUT2D eigenvalue weighted by Gasteiger charge is 2.20. The summed E-state index contributed by atoms with van der Waals surface area (Å²) in [6.07, 6.45) is 0.772. The molecule has 1 aromatic rings. The van der Waals surface area contributed by atoms with E-state index in [0.29, 0.717) is 5.69 Å². The molecule has 20 heavy (non-hydrogen) atoms. The molecule has 1 aromatic carbocycles. The van der Waals surface area contributed by atoms with Gasteiger partial charge in [-0.3, -0.25) is 0 Å². The molecule has 0 spiro atoms. The first-order valence-corrected chi connectivity index (χ1v) is 6.48.